The van der Waals surface area contributed by atoms with E-state index < -0.39 is 0 Å². The molecule has 0 bridgehead atoms. The maximum Gasteiger partial charge on any atom is 0.0656 e. The third-order valence-electron chi connectivity index (χ3n) is 1.97. The molecule has 1 heterocycles. The van der Waals surface area contributed by atoms with Crippen molar-refractivity contribution < 1.29 is 4.74 Å². The van der Waals surface area contributed by atoms with Gasteiger partial charge in [-0.15, -0.1) is 0 Å². The van der Waals surface area contributed by atoms with Gasteiger partial charge in [-0.2, -0.15) is 0 Å². The summed E-state index contributed by atoms with van der Waals surface area (Å²) >= 11 is 0. The zero-order valence-electron chi connectivity index (χ0n) is 7.68. The predicted molar refractivity (Wildman–Crippen MR) is 51.2 cm³/mol. The molecule has 1 unspecified atom stereocenters. The van der Waals surface area contributed by atoms with Gasteiger partial charge in [0.2, 0.25) is 0 Å². The Balaban J connectivity index is 2.28. The molecule has 1 rings (SSSR count). The Morgan fingerprint density at radius 3 is 3.17 bits per heavy atom. The fourth-order valence-corrected chi connectivity index (χ4v) is 1.08. The number of ether oxygens (including phenoxy) is 1. The van der Waals surface area contributed by atoms with Crippen LogP contribution in [0.5, 0.6) is 0 Å². The van der Waals surface area contributed by atoms with Gasteiger partial charge < -0.3 is 10.1 Å². The summed E-state index contributed by atoms with van der Waals surface area (Å²) in [5.74, 6) is 0. The molecule has 12 heavy (non-hydrogen) atoms. The van der Waals surface area contributed by atoms with Crippen LogP contribution in [0.1, 0.15) is 13.3 Å². The lowest BCUT2D eigenvalue weighted by Gasteiger charge is -2.20. The first-order chi connectivity index (χ1) is 5.83. The second kappa shape index (κ2) is 5.12. The van der Waals surface area contributed by atoms with Crippen LogP contribution in [-0.2, 0) is 4.74 Å². The van der Waals surface area contributed by atoms with Gasteiger partial charge in [-0.1, -0.05) is 31.2 Å². The molecule has 1 aliphatic rings. The maximum atomic E-state index is 5.30. The zero-order chi connectivity index (χ0) is 8.81. The van der Waals surface area contributed by atoms with Gasteiger partial charge in [-0.25, -0.2) is 0 Å². The molecule has 0 saturated carbocycles. The van der Waals surface area contributed by atoms with Crippen molar-refractivity contribution in [3.63, 3.8) is 0 Å². The van der Waals surface area contributed by atoms with Crippen LogP contribution in [0.25, 0.3) is 0 Å². The summed E-state index contributed by atoms with van der Waals surface area (Å²) in [4.78, 5) is 0. The Hall–Kier alpha value is -0.600. The van der Waals surface area contributed by atoms with Gasteiger partial charge in [-0.3, -0.25) is 0 Å². The van der Waals surface area contributed by atoms with Gasteiger partial charge in [0.25, 0.3) is 0 Å². The summed E-state index contributed by atoms with van der Waals surface area (Å²) in [6, 6.07) is 0.377. The average Bonchev–Trinajstić information content (AvgIpc) is 2.16. The lowest BCUT2D eigenvalue weighted by atomic mass is 10.2. The molecule has 1 N–H and O–H groups in total. The minimum absolute atomic E-state index is 0.377. The molecule has 0 aromatic rings. The minimum atomic E-state index is 0.377. The van der Waals surface area contributed by atoms with Crippen molar-refractivity contribution in [1.82, 2.24) is 5.32 Å². The minimum Gasteiger partial charge on any atom is -0.378 e. The predicted octanol–water partition coefficient (Wildman–Crippen LogP) is 1.50. The smallest absolute Gasteiger partial charge is 0.0656 e. The third-order valence-corrected chi connectivity index (χ3v) is 1.97. The highest BCUT2D eigenvalue weighted by Gasteiger charge is 2.08. The normalized spacial score (nSPS) is 24.6. The number of rotatable bonds is 3. The topological polar surface area (TPSA) is 21.3 Å². The van der Waals surface area contributed by atoms with Gasteiger partial charge in [0, 0.05) is 12.6 Å². The summed E-state index contributed by atoms with van der Waals surface area (Å²) in [6.45, 7) is 8.58. The number of hydrogen-bond donors (Lipinski definition) is 1. The SMILES string of the molecule is C=C(/C=C/C1COCCN1)CC. The van der Waals surface area contributed by atoms with E-state index in [1.54, 1.807) is 0 Å². The van der Waals surface area contributed by atoms with Crippen LogP contribution in [0.2, 0.25) is 0 Å². The van der Waals surface area contributed by atoms with Crippen LogP contribution in [0.4, 0.5) is 0 Å². The molecular weight excluding hydrogens is 150 g/mol. The maximum absolute atomic E-state index is 5.30. The van der Waals surface area contributed by atoms with E-state index in [1.807, 2.05) is 0 Å². The molecule has 2 nitrogen and oxygen atoms in total. The van der Waals surface area contributed by atoms with Gasteiger partial charge in [-0.05, 0) is 6.42 Å². The van der Waals surface area contributed by atoms with Crippen molar-refractivity contribution in [3.8, 4) is 0 Å². The third kappa shape index (κ3) is 3.20. The summed E-state index contributed by atoms with van der Waals surface area (Å²) in [5.41, 5.74) is 1.17. The van der Waals surface area contributed by atoms with Crippen LogP contribution < -0.4 is 5.32 Å². The number of morpholine rings is 1. The molecule has 1 aliphatic heterocycles. The molecular formula is C10H17NO. The van der Waals surface area contributed by atoms with Crippen molar-refractivity contribution in [2.75, 3.05) is 19.8 Å². The first-order valence-corrected chi connectivity index (χ1v) is 4.50. The molecule has 1 fully saturated rings. The first-order valence-electron chi connectivity index (χ1n) is 4.50. The van der Waals surface area contributed by atoms with Crippen LogP contribution in [0.3, 0.4) is 0 Å². The molecule has 0 spiro atoms. The Bertz CT molecular complexity index is 169. The molecule has 0 amide bonds. The lowest BCUT2D eigenvalue weighted by Crippen LogP contribution is -2.39. The van der Waals surface area contributed by atoms with E-state index >= 15 is 0 Å². The van der Waals surface area contributed by atoms with Crippen LogP contribution >= 0.6 is 0 Å². The summed E-state index contributed by atoms with van der Waals surface area (Å²) in [6.07, 6.45) is 5.22. The largest absolute Gasteiger partial charge is 0.378 e. The van der Waals surface area contributed by atoms with E-state index in [9.17, 15) is 0 Å². The van der Waals surface area contributed by atoms with E-state index in [2.05, 4.69) is 31.0 Å². The summed E-state index contributed by atoms with van der Waals surface area (Å²) in [5, 5.41) is 3.35. The highest BCUT2D eigenvalue weighted by atomic mass is 16.5. The molecule has 0 aromatic carbocycles. The van der Waals surface area contributed by atoms with Crippen molar-refractivity contribution in [1.29, 1.82) is 0 Å². The van der Waals surface area contributed by atoms with E-state index in [1.165, 1.54) is 5.57 Å². The molecule has 2 heteroatoms. The van der Waals surface area contributed by atoms with E-state index in [0.717, 1.165) is 26.2 Å². The average molecular weight is 167 g/mol. The van der Waals surface area contributed by atoms with Crippen molar-refractivity contribution in [3.05, 3.63) is 24.3 Å². The molecule has 0 aromatic heterocycles. The fraction of sp³-hybridized carbons (Fsp3) is 0.600. The Morgan fingerprint density at radius 2 is 2.58 bits per heavy atom. The summed E-state index contributed by atoms with van der Waals surface area (Å²) in [7, 11) is 0. The summed E-state index contributed by atoms with van der Waals surface area (Å²) < 4.78 is 5.30. The molecule has 0 radical (unpaired) electrons. The van der Waals surface area contributed by atoms with Crippen molar-refractivity contribution in [2.45, 2.75) is 19.4 Å². The van der Waals surface area contributed by atoms with Crippen molar-refractivity contribution in [2.24, 2.45) is 0 Å². The zero-order valence-corrected chi connectivity index (χ0v) is 7.68. The number of hydrogen-bond acceptors (Lipinski definition) is 2. The molecule has 0 aliphatic carbocycles. The Labute approximate surface area is 74.3 Å². The second-order valence-corrected chi connectivity index (χ2v) is 3.01. The first kappa shape index (κ1) is 9.49. The van der Waals surface area contributed by atoms with Crippen LogP contribution in [0, 0.1) is 0 Å². The van der Waals surface area contributed by atoms with E-state index in [0.29, 0.717) is 6.04 Å². The number of nitrogens with one attached hydrogen (secondary N) is 1. The van der Waals surface area contributed by atoms with E-state index in [4.69, 9.17) is 4.74 Å². The monoisotopic (exact) mass is 167 g/mol. The highest BCUT2D eigenvalue weighted by Crippen LogP contribution is 2.01. The highest BCUT2D eigenvalue weighted by molar-refractivity contribution is 5.15. The van der Waals surface area contributed by atoms with Gasteiger partial charge in [0.15, 0.2) is 0 Å². The van der Waals surface area contributed by atoms with Gasteiger partial charge >= 0.3 is 0 Å². The quantitative estimate of drug-likeness (QED) is 0.643. The molecule has 1 atom stereocenters. The Kier molecular flexibility index (Phi) is 4.05. The van der Waals surface area contributed by atoms with Crippen molar-refractivity contribution >= 4 is 0 Å². The fourth-order valence-electron chi connectivity index (χ4n) is 1.08. The van der Waals surface area contributed by atoms with Gasteiger partial charge in [0.1, 0.15) is 0 Å². The van der Waals surface area contributed by atoms with Crippen LogP contribution in [-0.4, -0.2) is 25.8 Å². The second-order valence-electron chi connectivity index (χ2n) is 3.01. The number of allylic oxidation sites excluding steroid dienone is 2. The van der Waals surface area contributed by atoms with Crippen LogP contribution in [0.15, 0.2) is 24.3 Å². The molecule has 1 saturated heterocycles. The molecule has 68 valence electrons. The van der Waals surface area contributed by atoms with Gasteiger partial charge in [0.05, 0.1) is 13.2 Å². The van der Waals surface area contributed by atoms with E-state index in [-0.39, 0.29) is 0 Å². The standard InChI is InChI=1S/C10H17NO/c1-3-9(2)4-5-10-8-12-7-6-11-10/h4-5,10-11H,2-3,6-8H2,1H3/b5-4+. The Morgan fingerprint density at radius 1 is 1.75 bits per heavy atom. The lowest BCUT2D eigenvalue weighted by molar-refractivity contribution is 0.0901.